The van der Waals surface area contributed by atoms with Gasteiger partial charge in [-0.1, -0.05) is 128 Å². The van der Waals surface area contributed by atoms with Gasteiger partial charge in [0.1, 0.15) is 0 Å². The van der Waals surface area contributed by atoms with Crippen LogP contribution in [0.1, 0.15) is 62.4 Å². The van der Waals surface area contributed by atoms with E-state index in [-0.39, 0.29) is 6.04 Å². The molecule has 0 fully saturated rings. The first-order chi connectivity index (χ1) is 17.5. The second kappa shape index (κ2) is 13.9. The largest absolute Gasteiger partial charge is 0.381 e. The van der Waals surface area contributed by atoms with Crippen LogP contribution in [-0.2, 0) is 0 Å². The molecule has 1 unspecified atom stereocenters. The lowest BCUT2D eigenvalue weighted by Crippen LogP contribution is -2.18. The van der Waals surface area contributed by atoms with Gasteiger partial charge in [0, 0.05) is 24.0 Å². The standard InChI is InChI=1S/C18H17N.C13H15N.C3H8/c1-14-12-18(16-10-6-3-7-11-16)19-13-17(14)15-8-4-2-5-9-15;1-10-3-6-12(7-4-10)13-8-5-11(2)9-14-13;1-3-2/h2-13,18-19H,1H3;3-8,14H,9H2,1-2H3;3H2,1-2H3. The summed E-state index contributed by atoms with van der Waals surface area (Å²) in [7, 11) is 0. The van der Waals surface area contributed by atoms with Crippen molar-refractivity contribution in [1.29, 1.82) is 0 Å². The Morgan fingerprint density at radius 2 is 1.33 bits per heavy atom. The van der Waals surface area contributed by atoms with E-state index in [1.165, 1.54) is 51.1 Å². The molecule has 2 heteroatoms. The summed E-state index contributed by atoms with van der Waals surface area (Å²) in [6, 6.07) is 29.9. The predicted molar refractivity (Wildman–Crippen MR) is 157 cm³/mol. The first kappa shape index (κ1) is 26.8. The first-order valence-electron chi connectivity index (χ1n) is 13.0. The molecule has 0 aliphatic carbocycles. The molecule has 0 saturated heterocycles. The highest BCUT2D eigenvalue weighted by molar-refractivity contribution is 5.79. The van der Waals surface area contributed by atoms with Crippen LogP contribution in [0.15, 0.2) is 121 Å². The summed E-state index contributed by atoms with van der Waals surface area (Å²) in [5.41, 5.74) is 10.3. The fourth-order valence-corrected chi connectivity index (χ4v) is 3.97. The molecule has 3 aromatic carbocycles. The molecule has 0 saturated carbocycles. The van der Waals surface area contributed by atoms with Gasteiger partial charge in [0.25, 0.3) is 0 Å². The summed E-state index contributed by atoms with van der Waals surface area (Å²) >= 11 is 0. The van der Waals surface area contributed by atoms with Crippen LogP contribution in [0.5, 0.6) is 0 Å². The Morgan fingerprint density at radius 3 is 1.89 bits per heavy atom. The van der Waals surface area contributed by atoms with Crippen LogP contribution in [0.4, 0.5) is 0 Å². The molecular formula is C34H40N2. The minimum atomic E-state index is 0.272. The SMILES string of the molecule is CC1=CC(c2ccccc2)NC=C1c1ccccc1.CC1=CC=C(c2ccc(C)cc2)NC1.CCC. The molecule has 0 bridgehead atoms. The van der Waals surface area contributed by atoms with Gasteiger partial charge in [0.15, 0.2) is 0 Å². The summed E-state index contributed by atoms with van der Waals surface area (Å²) in [6.07, 6.45) is 9.98. The maximum absolute atomic E-state index is 3.48. The van der Waals surface area contributed by atoms with Crippen LogP contribution in [0.25, 0.3) is 11.3 Å². The van der Waals surface area contributed by atoms with Gasteiger partial charge in [0.2, 0.25) is 0 Å². The van der Waals surface area contributed by atoms with Crippen LogP contribution >= 0.6 is 0 Å². The van der Waals surface area contributed by atoms with E-state index in [1.807, 2.05) is 12.1 Å². The molecule has 0 radical (unpaired) electrons. The van der Waals surface area contributed by atoms with Crippen molar-refractivity contribution in [2.45, 2.75) is 47.1 Å². The van der Waals surface area contributed by atoms with Crippen molar-refractivity contribution < 1.29 is 0 Å². The lowest BCUT2D eigenvalue weighted by atomic mass is 9.93. The fourth-order valence-electron chi connectivity index (χ4n) is 3.97. The highest BCUT2D eigenvalue weighted by Crippen LogP contribution is 2.29. The molecule has 3 aromatic rings. The Bertz CT molecular complexity index is 1200. The van der Waals surface area contributed by atoms with Gasteiger partial charge in [-0.3, -0.25) is 0 Å². The molecule has 2 aliphatic heterocycles. The third-order valence-corrected chi connectivity index (χ3v) is 5.95. The average Bonchev–Trinajstić information content (AvgIpc) is 2.91. The van der Waals surface area contributed by atoms with Crippen LogP contribution in [-0.4, -0.2) is 6.54 Å². The summed E-state index contributed by atoms with van der Waals surface area (Å²) in [5.74, 6) is 0. The quantitative estimate of drug-likeness (QED) is 0.395. The highest BCUT2D eigenvalue weighted by Gasteiger charge is 2.14. The summed E-state index contributed by atoms with van der Waals surface area (Å²) in [4.78, 5) is 0. The van der Waals surface area contributed by atoms with Crippen LogP contribution in [0.3, 0.4) is 0 Å². The van der Waals surface area contributed by atoms with Crippen molar-refractivity contribution >= 4 is 11.3 Å². The van der Waals surface area contributed by atoms with E-state index in [9.17, 15) is 0 Å². The Morgan fingerprint density at radius 1 is 0.722 bits per heavy atom. The molecule has 0 amide bonds. The van der Waals surface area contributed by atoms with E-state index in [0.29, 0.717) is 0 Å². The first-order valence-corrected chi connectivity index (χ1v) is 13.0. The Balaban J connectivity index is 0.000000188. The number of hydrogen-bond donors (Lipinski definition) is 2. The van der Waals surface area contributed by atoms with E-state index in [2.05, 4.69) is 142 Å². The van der Waals surface area contributed by atoms with Crippen molar-refractivity contribution in [3.05, 3.63) is 143 Å². The fraction of sp³-hybridized carbons (Fsp3) is 0.235. The van der Waals surface area contributed by atoms with Crippen LogP contribution in [0, 0.1) is 6.92 Å². The van der Waals surface area contributed by atoms with Crippen LogP contribution in [0.2, 0.25) is 0 Å². The van der Waals surface area contributed by atoms with Crippen molar-refractivity contribution in [3.8, 4) is 0 Å². The van der Waals surface area contributed by atoms with Gasteiger partial charge in [-0.25, -0.2) is 0 Å². The molecule has 5 rings (SSSR count). The smallest absolute Gasteiger partial charge is 0.0698 e. The Labute approximate surface area is 218 Å². The number of dihydropyridines is 2. The van der Waals surface area contributed by atoms with Crippen molar-refractivity contribution in [2.24, 2.45) is 0 Å². The molecule has 2 aliphatic rings. The number of benzene rings is 3. The zero-order valence-corrected chi connectivity index (χ0v) is 22.4. The summed E-state index contributed by atoms with van der Waals surface area (Å²) < 4.78 is 0. The lowest BCUT2D eigenvalue weighted by molar-refractivity contribution is 0.742. The van der Waals surface area contributed by atoms with Crippen molar-refractivity contribution in [3.63, 3.8) is 0 Å². The minimum Gasteiger partial charge on any atom is -0.381 e. The summed E-state index contributed by atoms with van der Waals surface area (Å²) in [5, 5.41) is 6.87. The van der Waals surface area contributed by atoms with E-state index < -0.39 is 0 Å². The number of aryl methyl sites for hydroxylation is 1. The topological polar surface area (TPSA) is 24.1 Å². The van der Waals surface area contributed by atoms with E-state index in [0.717, 1.165) is 6.54 Å². The van der Waals surface area contributed by atoms with Crippen molar-refractivity contribution in [1.82, 2.24) is 10.6 Å². The molecular weight excluding hydrogens is 436 g/mol. The number of rotatable bonds is 3. The van der Waals surface area contributed by atoms with Gasteiger partial charge < -0.3 is 10.6 Å². The summed E-state index contributed by atoms with van der Waals surface area (Å²) in [6.45, 7) is 11.6. The second-order valence-electron chi connectivity index (χ2n) is 9.35. The molecule has 2 N–H and O–H groups in total. The van der Waals surface area contributed by atoms with E-state index in [4.69, 9.17) is 0 Å². The van der Waals surface area contributed by atoms with Gasteiger partial charge in [-0.15, -0.1) is 0 Å². The normalized spacial score (nSPS) is 16.2. The highest BCUT2D eigenvalue weighted by atomic mass is 14.9. The predicted octanol–water partition coefficient (Wildman–Crippen LogP) is 8.62. The van der Waals surface area contributed by atoms with Gasteiger partial charge >= 0.3 is 0 Å². The maximum Gasteiger partial charge on any atom is 0.0698 e. The third-order valence-electron chi connectivity index (χ3n) is 5.95. The zero-order valence-electron chi connectivity index (χ0n) is 22.4. The zero-order chi connectivity index (χ0) is 25.8. The average molecular weight is 477 g/mol. The Kier molecular flexibility index (Phi) is 10.4. The van der Waals surface area contributed by atoms with Crippen LogP contribution < -0.4 is 10.6 Å². The molecule has 0 spiro atoms. The molecule has 2 nitrogen and oxygen atoms in total. The molecule has 186 valence electrons. The number of allylic oxidation sites excluding steroid dienone is 4. The number of hydrogen-bond acceptors (Lipinski definition) is 2. The second-order valence-corrected chi connectivity index (χ2v) is 9.35. The van der Waals surface area contributed by atoms with Crippen molar-refractivity contribution in [2.75, 3.05) is 6.54 Å². The van der Waals surface area contributed by atoms with Gasteiger partial charge in [0.05, 0.1) is 6.04 Å². The monoisotopic (exact) mass is 476 g/mol. The lowest BCUT2D eigenvalue weighted by Gasteiger charge is -2.22. The molecule has 1 atom stereocenters. The third kappa shape index (κ3) is 7.88. The minimum absolute atomic E-state index is 0.272. The van der Waals surface area contributed by atoms with Gasteiger partial charge in [-0.05, 0) is 49.1 Å². The molecule has 0 aromatic heterocycles. The number of nitrogens with one attached hydrogen (secondary N) is 2. The molecule has 36 heavy (non-hydrogen) atoms. The molecule has 2 heterocycles. The van der Waals surface area contributed by atoms with Gasteiger partial charge in [-0.2, -0.15) is 0 Å². The van der Waals surface area contributed by atoms with E-state index >= 15 is 0 Å². The van der Waals surface area contributed by atoms with E-state index in [1.54, 1.807) is 0 Å². The Hall–Kier alpha value is -3.78. The maximum atomic E-state index is 3.48.